The highest BCUT2D eigenvalue weighted by Gasteiger charge is 2.13. The number of hydrogen-bond acceptors (Lipinski definition) is 5. The van der Waals surface area contributed by atoms with Crippen molar-refractivity contribution in [3.63, 3.8) is 0 Å². The number of nitrogens with zero attached hydrogens (tertiary/aromatic N) is 2. The fourth-order valence-electron chi connectivity index (χ4n) is 1.92. The summed E-state index contributed by atoms with van der Waals surface area (Å²) >= 11 is 0. The molecule has 0 saturated carbocycles. The van der Waals surface area contributed by atoms with Gasteiger partial charge in [0.05, 0.1) is 12.8 Å². The number of methoxy groups -OCH3 is 1. The lowest BCUT2D eigenvalue weighted by Crippen LogP contribution is -2.20. The number of benzene rings is 1. The molecule has 20 heavy (non-hydrogen) atoms. The van der Waals surface area contributed by atoms with Gasteiger partial charge in [-0.25, -0.2) is 9.78 Å². The van der Waals surface area contributed by atoms with Gasteiger partial charge in [0.2, 0.25) is 0 Å². The first kappa shape index (κ1) is 13.9. The lowest BCUT2D eigenvalue weighted by molar-refractivity contribution is 0.0594. The number of carbonyl (C=O) groups excluding carboxylic acids is 1. The number of aromatic nitrogens is 1. The maximum absolute atomic E-state index is 11.5. The summed E-state index contributed by atoms with van der Waals surface area (Å²) in [7, 11) is 3.21. The standard InChI is InChI=1S/C15H17N3O2/c1-18(10-11-6-4-3-5-7-11)14-12(16)8-9-13(17-14)15(19)20-2/h3-9H,10,16H2,1-2H3. The van der Waals surface area contributed by atoms with Crippen LogP contribution in [0, 0.1) is 0 Å². The first-order valence-corrected chi connectivity index (χ1v) is 6.21. The Bertz CT molecular complexity index is 599. The summed E-state index contributed by atoms with van der Waals surface area (Å²) in [6, 6.07) is 13.2. The smallest absolute Gasteiger partial charge is 0.356 e. The first-order chi connectivity index (χ1) is 9.61. The van der Waals surface area contributed by atoms with E-state index < -0.39 is 5.97 Å². The van der Waals surface area contributed by atoms with Gasteiger partial charge in [-0.2, -0.15) is 0 Å². The Morgan fingerprint density at radius 3 is 2.60 bits per heavy atom. The van der Waals surface area contributed by atoms with Crippen molar-refractivity contribution in [3.05, 3.63) is 53.7 Å². The van der Waals surface area contributed by atoms with E-state index in [0.29, 0.717) is 18.1 Å². The van der Waals surface area contributed by atoms with E-state index in [0.717, 1.165) is 5.56 Å². The summed E-state index contributed by atoms with van der Waals surface area (Å²) in [4.78, 5) is 17.7. The summed E-state index contributed by atoms with van der Waals surface area (Å²) in [6.45, 7) is 0.655. The monoisotopic (exact) mass is 271 g/mol. The van der Waals surface area contributed by atoms with Crippen molar-refractivity contribution in [3.8, 4) is 0 Å². The van der Waals surface area contributed by atoms with Gasteiger partial charge < -0.3 is 15.4 Å². The van der Waals surface area contributed by atoms with Crippen molar-refractivity contribution in [2.24, 2.45) is 0 Å². The highest BCUT2D eigenvalue weighted by Crippen LogP contribution is 2.21. The summed E-state index contributed by atoms with van der Waals surface area (Å²) in [5.74, 6) is 0.0936. The number of esters is 1. The molecule has 1 heterocycles. The summed E-state index contributed by atoms with van der Waals surface area (Å²) in [5.41, 5.74) is 7.84. The van der Waals surface area contributed by atoms with Crippen molar-refractivity contribution >= 4 is 17.5 Å². The fourth-order valence-corrected chi connectivity index (χ4v) is 1.92. The molecule has 0 radical (unpaired) electrons. The number of anilines is 2. The molecule has 104 valence electrons. The Morgan fingerprint density at radius 1 is 1.25 bits per heavy atom. The summed E-state index contributed by atoms with van der Waals surface area (Å²) in [6.07, 6.45) is 0. The van der Waals surface area contributed by atoms with Gasteiger partial charge >= 0.3 is 5.97 Å². The maximum atomic E-state index is 11.5. The molecule has 0 atom stereocenters. The molecular formula is C15H17N3O2. The highest BCUT2D eigenvalue weighted by atomic mass is 16.5. The molecule has 0 saturated heterocycles. The largest absolute Gasteiger partial charge is 0.464 e. The Morgan fingerprint density at radius 2 is 1.95 bits per heavy atom. The molecule has 2 aromatic rings. The van der Waals surface area contributed by atoms with Gasteiger partial charge in [0.15, 0.2) is 11.5 Å². The van der Waals surface area contributed by atoms with Crippen molar-refractivity contribution in [1.82, 2.24) is 4.98 Å². The number of carbonyl (C=O) groups is 1. The molecule has 0 bridgehead atoms. The van der Waals surface area contributed by atoms with Crippen LogP contribution in [-0.4, -0.2) is 25.1 Å². The van der Waals surface area contributed by atoms with Crippen LogP contribution in [0.2, 0.25) is 0 Å². The van der Waals surface area contributed by atoms with Crippen molar-refractivity contribution in [2.75, 3.05) is 24.8 Å². The Labute approximate surface area is 118 Å². The van der Waals surface area contributed by atoms with Gasteiger partial charge in [-0.1, -0.05) is 30.3 Å². The molecule has 2 N–H and O–H groups in total. The summed E-state index contributed by atoms with van der Waals surface area (Å²) < 4.78 is 4.67. The molecule has 0 fully saturated rings. The van der Waals surface area contributed by atoms with E-state index in [1.165, 1.54) is 7.11 Å². The van der Waals surface area contributed by atoms with E-state index in [2.05, 4.69) is 9.72 Å². The minimum absolute atomic E-state index is 0.247. The molecule has 1 aromatic heterocycles. The molecular weight excluding hydrogens is 254 g/mol. The molecule has 5 nitrogen and oxygen atoms in total. The number of hydrogen-bond donors (Lipinski definition) is 1. The van der Waals surface area contributed by atoms with Crippen LogP contribution in [0.15, 0.2) is 42.5 Å². The van der Waals surface area contributed by atoms with Crippen molar-refractivity contribution < 1.29 is 9.53 Å². The van der Waals surface area contributed by atoms with Gasteiger partial charge in [0.25, 0.3) is 0 Å². The quantitative estimate of drug-likeness (QED) is 0.862. The molecule has 5 heteroatoms. The lowest BCUT2D eigenvalue weighted by Gasteiger charge is -2.20. The van der Waals surface area contributed by atoms with Crippen LogP contribution in [0.3, 0.4) is 0 Å². The zero-order valence-electron chi connectivity index (χ0n) is 11.5. The second-order valence-electron chi connectivity index (χ2n) is 4.44. The first-order valence-electron chi connectivity index (χ1n) is 6.21. The van der Waals surface area contributed by atoms with Crippen molar-refractivity contribution in [2.45, 2.75) is 6.54 Å². The second kappa shape index (κ2) is 6.06. The average Bonchev–Trinajstić information content (AvgIpc) is 2.48. The van der Waals surface area contributed by atoms with Gasteiger partial charge in [-0.15, -0.1) is 0 Å². The van der Waals surface area contributed by atoms with E-state index in [1.54, 1.807) is 12.1 Å². The van der Waals surface area contributed by atoms with E-state index in [-0.39, 0.29) is 5.69 Å². The van der Waals surface area contributed by atoms with Crippen LogP contribution in [0.1, 0.15) is 16.1 Å². The SMILES string of the molecule is COC(=O)c1ccc(N)c(N(C)Cc2ccccc2)n1. The fraction of sp³-hybridized carbons (Fsp3) is 0.200. The number of nitrogens with two attached hydrogens (primary N) is 1. The van der Waals surface area contributed by atoms with E-state index in [9.17, 15) is 4.79 Å². The minimum atomic E-state index is -0.473. The number of pyridine rings is 1. The Kier molecular flexibility index (Phi) is 4.20. The molecule has 0 amide bonds. The third-order valence-corrected chi connectivity index (χ3v) is 2.92. The van der Waals surface area contributed by atoms with Crippen molar-refractivity contribution in [1.29, 1.82) is 0 Å². The van der Waals surface area contributed by atoms with Gasteiger partial charge in [-0.3, -0.25) is 0 Å². The number of nitrogen functional groups attached to an aromatic ring is 1. The Balaban J connectivity index is 2.25. The average molecular weight is 271 g/mol. The molecule has 1 aromatic carbocycles. The van der Waals surface area contributed by atoms with Crippen LogP contribution in [0.5, 0.6) is 0 Å². The predicted molar refractivity (Wildman–Crippen MR) is 78.5 cm³/mol. The van der Waals surface area contributed by atoms with E-state index >= 15 is 0 Å². The molecule has 0 unspecified atom stereocenters. The van der Waals surface area contributed by atoms with Gasteiger partial charge in [-0.05, 0) is 17.7 Å². The van der Waals surface area contributed by atoms with Gasteiger partial charge in [0.1, 0.15) is 0 Å². The molecule has 0 aliphatic heterocycles. The summed E-state index contributed by atoms with van der Waals surface area (Å²) in [5, 5.41) is 0. The zero-order valence-corrected chi connectivity index (χ0v) is 11.5. The van der Waals surface area contributed by atoms with Gasteiger partial charge in [0, 0.05) is 13.6 Å². The molecule has 0 aliphatic rings. The minimum Gasteiger partial charge on any atom is -0.464 e. The maximum Gasteiger partial charge on any atom is 0.356 e. The normalized spacial score (nSPS) is 10.1. The van der Waals surface area contributed by atoms with Crippen LogP contribution in [0.4, 0.5) is 11.5 Å². The second-order valence-corrected chi connectivity index (χ2v) is 4.44. The van der Waals surface area contributed by atoms with Crippen LogP contribution >= 0.6 is 0 Å². The third kappa shape index (κ3) is 3.06. The predicted octanol–water partition coefficient (Wildman–Crippen LogP) is 2.09. The van der Waals surface area contributed by atoms with Crippen LogP contribution < -0.4 is 10.6 Å². The van der Waals surface area contributed by atoms with Crippen LogP contribution in [0.25, 0.3) is 0 Å². The van der Waals surface area contributed by atoms with Crippen LogP contribution in [-0.2, 0) is 11.3 Å². The van der Waals surface area contributed by atoms with E-state index in [1.807, 2.05) is 42.3 Å². The molecule has 0 spiro atoms. The van der Waals surface area contributed by atoms with E-state index in [4.69, 9.17) is 5.73 Å². The third-order valence-electron chi connectivity index (χ3n) is 2.92. The number of ether oxygens (including phenoxy) is 1. The number of rotatable bonds is 4. The zero-order chi connectivity index (χ0) is 14.5. The molecule has 2 rings (SSSR count). The molecule has 0 aliphatic carbocycles. The Hall–Kier alpha value is -2.56. The highest BCUT2D eigenvalue weighted by molar-refractivity contribution is 5.88. The topological polar surface area (TPSA) is 68.5 Å². The lowest BCUT2D eigenvalue weighted by atomic mass is 10.2.